The van der Waals surface area contributed by atoms with Crippen LogP contribution in [0.15, 0.2) is 53.3 Å². The van der Waals surface area contributed by atoms with E-state index in [0.717, 1.165) is 17.0 Å². The molecule has 0 radical (unpaired) electrons. The first-order chi connectivity index (χ1) is 12.8. The van der Waals surface area contributed by atoms with Crippen LogP contribution in [0.4, 0.5) is 5.82 Å². The van der Waals surface area contributed by atoms with Crippen LogP contribution in [-0.4, -0.2) is 36.7 Å². The van der Waals surface area contributed by atoms with Gasteiger partial charge in [0.2, 0.25) is 5.82 Å². The van der Waals surface area contributed by atoms with E-state index < -0.39 is 0 Å². The zero-order valence-electron chi connectivity index (χ0n) is 13.9. The lowest BCUT2D eigenvalue weighted by atomic mass is 10.2. The molecule has 4 rings (SSSR count). The highest BCUT2D eigenvalue weighted by molar-refractivity contribution is 5.66. The molecule has 1 aromatic carbocycles. The van der Waals surface area contributed by atoms with Gasteiger partial charge in [0.1, 0.15) is 5.75 Å². The Bertz CT molecular complexity index is 1010. The monoisotopic (exact) mass is 349 g/mol. The Labute approximate surface area is 148 Å². The van der Waals surface area contributed by atoms with Crippen LogP contribution in [0.3, 0.4) is 0 Å². The van der Waals surface area contributed by atoms with Crippen LogP contribution >= 0.6 is 0 Å². The third kappa shape index (κ3) is 2.86. The molecule has 3 heterocycles. The zero-order chi connectivity index (χ0) is 17.9. The molecular weight excluding hydrogens is 334 g/mol. The van der Waals surface area contributed by atoms with Crippen molar-refractivity contribution in [3.8, 4) is 34.4 Å². The Kier molecular flexibility index (Phi) is 4.02. The largest absolute Gasteiger partial charge is 0.494 e. The molecule has 9 nitrogen and oxygen atoms in total. The van der Waals surface area contributed by atoms with E-state index in [1.807, 2.05) is 31.2 Å². The summed E-state index contributed by atoms with van der Waals surface area (Å²) in [6.45, 7) is 2.53. The summed E-state index contributed by atoms with van der Waals surface area (Å²) in [5.74, 6) is 1.71. The van der Waals surface area contributed by atoms with Gasteiger partial charge in [-0.05, 0) is 43.3 Å². The highest BCUT2D eigenvalue weighted by atomic mass is 16.5. The quantitative estimate of drug-likeness (QED) is 0.583. The minimum absolute atomic E-state index is 0.200. The number of nitrogens with two attached hydrogens (primary N) is 1. The van der Waals surface area contributed by atoms with Gasteiger partial charge in [-0.1, -0.05) is 10.4 Å². The summed E-state index contributed by atoms with van der Waals surface area (Å²) in [4.78, 5) is 8.30. The summed E-state index contributed by atoms with van der Waals surface area (Å²) in [7, 11) is 0. The van der Waals surface area contributed by atoms with Crippen LogP contribution in [0.25, 0.3) is 28.7 Å². The van der Waals surface area contributed by atoms with Crippen LogP contribution in [0.2, 0.25) is 0 Å². The Morgan fingerprint density at radius 1 is 1.12 bits per heavy atom. The van der Waals surface area contributed by atoms with Crippen LogP contribution in [0.1, 0.15) is 6.92 Å². The van der Waals surface area contributed by atoms with Crippen molar-refractivity contribution in [1.82, 2.24) is 30.1 Å². The standard InChI is InChI=1S/C17H15N7O2/c1-2-25-13-5-3-12(4-6-13)24-15(18)14(21-23-24)17-20-16(22-26-17)11-7-9-19-10-8-11/h3-10H,2,18H2,1H3. The maximum absolute atomic E-state index is 6.18. The maximum Gasteiger partial charge on any atom is 0.282 e. The van der Waals surface area contributed by atoms with E-state index in [1.165, 1.54) is 4.68 Å². The molecule has 0 aliphatic carbocycles. The van der Waals surface area contributed by atoms with Crippen LogP contribution < -0.4 is 10.5 Å². The van der Waals surface area contributed by atoms with E-state index in [2.05, 4.69) is 25.4 Å². The number of nitrogen functional groups attached to an aromatic ring is 1. The topological polar surface area (TPSA) is 118 Å². The van der Waals surface area contributed by atoms with E-state index in [9.17, 15) is 0 Å². The first kappa shape index (κ1) is 15.8. The molecule has 130 valence electrons. The molecule has 2 N–H and O–H groups in total. The average Bonchev–Trinajstić information content (AvgIpc) is 3.30. The Morgan fingerprint density at radius 3 is 2.62 bits per heavy atom. The van der Waals surface area contributed by atoms with E-state index >= 15 is 0 Å². The van der Waals surface area contributed by atoms with Gasteiger partial charge in [-0.15, -0.1) is 5.10 Å². The van der Waals surface area contributed by atoms with Crippen molar-refractivity contribution in [1.29, 1.82) is 0 Å². The molecule has 0 bridgehead atoms. The van der Waals surface area contributed by atoms with Crippen LogP contribution in [-0.2, 0) is 0 Å². The third-order valence-corrected chi connectivity index (χ3v) is 3.66. The molecule has 4 aromatic rings. The van der Waals surface area contributed by atoms with Gasteiger partial charge in [0.05, 0.1) is 12.3 Å². The van der Waals surface area contributed by atoms with Crippen molar-refractivity contribution in [2.75, 3.05) is 12.3 Å². The normalized spacial score (nSPS) is 10.8. The lowest BCUT2D eigenvalue weighted by Crippen LogP contribution is -2.02. The second kappa shape index (κ2) is 6.63. The summed E-state index contributed by atoms with van der Waals surface area (Å²) in [5.41, 5.74) is 8.04. The molecule has 26 heavy (non-hydrogen) atoms. The minimum atomic E-state index is 0.200. The zero-order valence-corrected chi connectivity index (χ0v) is 13.9. The Balaban J connectivity index is 1.64. The SMILES string of the molecule is CCOc1ccc(-n2nnc(-c3nc(-c4ccncc4)no3)c2N)cc1. The molecule has 0 saturated carbocycles. The number of pyridine rings is 1. The summed E-state index contributed by atoms with van der Waals surface area (Å²) in [6.07, 6.45) is 3.31. The Hall–Kier alpha value is -3.75. The lowest BCUT2D eigenvalue weighted by molar-refractivity contribution is 0.340. The first-order valence-electron chi connectivity index (χ1n) is 7.95. The van der Waals surface area contributed by atoms with Crippen molar-refractivity contribution in [2.24, 2.45) is 0 Å². The van der Waals surface area contributed by atoms with E-state index in [4.69, 9.17) is 15.0 Å². The van der Waals surface area contributed by atoms with E-state index in [0.29, 0.717) is 23.9 Å². The molecule has 0 fully saturated rings. The van der Waals surface area contributed by atoms with Crippen molar-refractivity contribution in [3.63, 3.8) is 0 Å². The summed E-state index contributed by atoms with van der Waals surface area (Å²) >= 11 is 0. The minimum Gasteiger partial charge on any atom is -0.494 e. The second-order valence-electron chi connectivity index (χ2n) is 5.32. The number of hydrogen-bond donors (Lipinski definition) is 1. The highest BCUT2D eigenvalue weighted by Crippen LogP contribution is 2.26. The summed E-state index contributed by atoms with van der Waals surface area (Å²) in [5, 5.41) is 12.1. The number of aromatic nitrogens is 6. The fraction of sp³-hybridized carbons (Fsp3) is 0.118. The molecule has 0 spiro atoms. The number of rotatable bonds is 5. The fourth-order valence-corrected chi connectivity index (χ4v) is 2.42. The van der Waals surface area contributed by atoms with Crippen molar-refractivity contribution >= 4 is 5.82 Å². The lowest BCUT2D eigenvalue weighted by Gasteiger charge is -2.05. The molecule has 0 amide bonds. The number of ether oxygens (including phenoxy) is 1. The number of nitrogens with zero attached hydrogens (tertiary/aromatic N) is 6. The van der Waals surface area contributed by atoms with Gasteiger partial charge in [-0.2, -0.15) is 9.67 Å². The van der Waals surface area contributed by atoms with Gasteiger partial charge in [0, 0.05) is 18.0 Å². The maximum atomic E-state index is 6.18. The number of anilines is 1. The molecule has 0 aliphatic rings. The van der Waals surface area contributed by atoms with Gasteiger partial charge in [0.25, 0.3) is 5.89 Å². The van der Waals surface area contributed by atoms with Gasteiger partial charge in [-0.3, -0.25) is 4.98 Å². The molecule has 3 aromatic heterocycles. The Morgan fingerprint density at radius 2 is 1.88 bits per heavy atom. The summed E-state index contributed by atoms with van der Waals surface area (Å²) in [6, 6.07) is 10.9. The predicted molar refractivity (Wildman–Crippen MR) is 93.5 cm³/mol. The van der Waals surface area contributed by atoms with Gasteiger partial charge in [-0.25, -0.2) is 0 Å². The molecule has 0 saturated heterocycles. The van der Waals surface area contributed by atoms with E-state index in [1.54, 1.807) is 24.5 Å². The number of hydrogen-bond acceptors (Lipinski definition) is 8. The van der Waals surface area contributed by atoms with Crippen molar-refractivity contribution < 1.29 is 9.26 Å². The van der Waals surface area contributed by atoms with Gasteiger partial charge < -0.3 is 15.0 Å². The fourth-order valence-electron chi connectivity index (χ4n) is 2.42. The van der Waals surface area contributed by atoms with Gasteiger partial charge >= 0.3 is 0 Å². The molecular formula is C17H15N7O2. The molecule has 0 atom stereocenters. The first-order valence-corrected chi connectivity index (χ1v) is 7.95. The predicted octanol–water partition coefficient (Wildman–Crippen LogP) is 2.36. The van der Waals surface area contributed by atoms with Crippen LogP contribution in [0.5, 0.6) is 5.75 Å². The summed E-state index contributed by atoms with van der Waals surface area (Å²) < 4.78 is 12.2. The third-order valence-electron chi connectivity index (χ3n) is 3.66. The molecule has 9 heteroatoms. The highest BCUT2D eigenvalue weighted by Gasteiger charge is 2.19. The average molecular weight is 349 g/mol. The van der Waals surface area contributed by atoms with Crippen molar-refractivity contribution in [3.05, 3.63) is 48.8 Å². The molecule has 0 aliphatic heterocycles. The van der Waals surface area contributed by atoms with Crippen LogP contribution in [0, 0.1) is 0 Å². The molecule has 0 unspecified atom stereocenters. The van der Waals surface area contributed by atoms with E-state index in [-0.39, 0.29) is 5.89 Å². The second-order valence-corrected chi connectivity index (χ2v) is 5.32. The number of benzene rings is 1. The van der Waals surface area contributed by atoms with Gasteiger partial charge in [0.15, 0.2) is 11.5 Å². The van der Waals surface area contributed by atoms with Crippen molar-refractivity contribution in [2.45, 2.75) is 6.92 Å². The smallest absolute Gasteiger partial charge is 0.282 e.